The molecule has 1 aliphatic carbocycles. The van der Waals surface area contributed by atoms with Crippen LogP contribution in [0.3, 0.4) is 0 Å². The number of imide groups is 1. The fourth-order valence-corrected chi connectivity index (χ4v) is 3.14. The van der Waals surface area contributed by atoms with E-state index < -0.39 is 24.5 Å². The SMILES string of the molecule is CC(=O)c1c(C)[nH]c(C(=O)OCC(=O)NC(=O)NC2CCCC2)c1C. The molecule has 1 heterocycles. The Hall–Kier alpha value is -2.64. The Kier molecular flexibility index (Phi) is 5.95. The van der Waals surface area contributed by atoms with Crippen molar-refractivity contribution in [1.82, 2.24) is 15.6 Å². The Labute approximate surface area is 145 Å². The van der Waals surface area contributed by atoms with Crippen molar-refractivity contribution in [1.29, 1.82) is 0 Å². The van der Waals surface area contributed by atoms with Crippen LogP contribution in [0.5, 0.6) is 0 Å². The van der Waals surface area contributed by atoms with Crippen LogP contribution < -0.4 is 10.6 Å². The predicted molar refractivity (Wildman–Crippen MR) is 89.5 cm³/mol. The monoisotopic (exact) mass is 349 g/mol. The van der Waals surface area contributed by atoms with Crippen LogP contribution >= 0.6 is 0 Å². The maximum atomic E-state index is 12.1. The van der Waals surface area contributed by atoms with Gasteiger partial charge in [0.05, 0.1) is 0 Å². The Morgan fingerprint density at radius 2 is 1.80 bits per heavy atom. The summed E-state index contributed by atoms with van der Waals surface area (Å²) < 4.78 is 4.92. The molecule has 2 rings (SSSR count). The van der Waals surface area contributed by atoms with Crippen molar-refractivity contribution in [3.8, 4) is 0 Å². The summed E-state index contributed by atoms with van der Waals surface area (Å²) >= 11 is 0. The minimum atomic E-state index is -0.751. The molecule has 136 valence electrons. The second-order valence-corrected chi connectivity index (χ2v) is 6.26. The molecule has 3 amide bonds. The average Bonchev–Trinajstić information content (AvgIpc) is 3.12. The number of ketones is 1. The van der Waals surface area contributed by atoms with Gasteiger partial charge in [-0.2, -0.15) is 0 Å². The minimum Gasteiger partial charge on any atom is -0.451 e. The number of amides is 3. The van der Waals surface area contributed by atoms with Crippen molar-refractivity contribution in [2.45, 2.75) is 52.5 Å². The molecular weight excluding hydrogens is 326 g/mol. The van der Waals surface area contributed by atoms with E-state index in [4.69, 9.17) is 4.74 Å². The van der Waals surface area contributed by atoms with E-state index in [9.17, 15) is 19.2 Å². The van der Waals surface area contributed by atoms with Crippen LogP contribution in [0.25, 0.3) is 0 Å². The first kappa shape index (κ1) is 18.7. The van der Waals surface area contributed by atoms with Gasteiger partial charge in [-0.25, -0.2) is 9.59 Å². The summed E-state index contributed by atoms with van der Waals surface area (Å²) in [6.45, 7) is 4.14. The number of Topliss-reactive ketones (excluding diaryl/α,β-unsaturated/α-hetero) is 1. The number of carbonyl (C=O) groups is 4. The van der Waals surface area contributed by atoms with Crippen LogP contribution in [-0.4, -0.2) is 41.3 Å². The van der Waals surface area contributed by atoms with Crippen molar-refractivity contribution >= 4 is 23.7 Å². The van der Waals surface area contributed by atoms with Crippen molar-refractivity contribution in [3.63, 3.8) is 0 Å². The number of nitrogens with one attached hydrogen (secondary N) is 3. The van der Waals surface area contributed by atoms with E-state index >= 15 is 0 Å². The van der Waals surface area contributed by atoms with E-state index in [1.54, 1.807) is 13.8 Å². The van der Waals surface area contributed by atoms with Gasteiger partial charge in [0, 0.05) is 17.3 Å². The number of ether oxygens (including phenoxy) is 1. The largest absolute Gasteiger partial charge is 0.451 e. The van der Waals surface area contributed by atoms with E-state index in [0.717, 1.165) is 25.7 Å². The van der Waals surface area contributed by atoms with E-state index in [2.05, 4.69) is 15.6 Å². The minimum absolute atomic E-state index is 0.0879. The summed E-state index contributed by atoms with van der Waals surface area (Å²) in [4.78, 5) is 49.8. The van der Waals surface area contributed by atoms with E-state index in [-0.39, 0.29) is 17.5 Å². The molecular formula is C17H23N3O5. The number of carbonyl (C=O) groups excluding carboxylic acids is 4. The van der Waals surface area contributed by atoms with Gasteiger partial charge in [-0.15, -0.1) is 0 Å². The van der Waals surface area contributed by atoms with Crippen molar-refractivity contribution in [3.05, 3.63) is 22.5 Å². The second kappa shape index (κ2) is 7.96. The standard InChI is InChI=1S/C17H23N3O5/c1-9-14(11(3)21)10(2)18-15(9)16(23)25-8-13(22)20-17(24)19-12-6-4-5-7-12/h12,18H,4-8H2,1-3H3,(H2,19,20,22,24). The summed E-state index contributed by atoms with van der Waals surface area (Å²) in [5.41, 5.74) is 1.62. The van der Waals surface area contributed by atoms with E-state index in [1.165, 1.54) is 6.92 Å². The molecule has 0 bridgehead atoms. The zero-order chi connectivity index (χ0) is 18.6. The number of esters is 1. The number of aryl methyl sites for hydroxylation is 1. The summed E-state index contributed by atoms with van der Waals surface area (Å²) in [6, 6.07) is -0.497. The molecule has 0 spiro atoms. The second-order valence-electron chi connectivity index (χ2n) is 6.26. The molecule has 0 unspecified atom stereocenters. The molecule has 0 atom stereocenters. The number of aromatic nitrogens is 1. The molecule has 8 heteroatoms. The van der Waals surface area contributed by atoms with Gasteiger partial charge in [0.15, 0.2) is 12.4 Å². The van der Waals surface area contributed by atoms with Crippen LogP contribution in [-0.2, 0) is 9.53 Å². The van der Waals surface area contributed by atoms with Crippen LogP contribution in [0.2, 0.25) is 0 Å². The number of urea groups is 1. The molecule has 25 heavy (non-hydrogen) atoms. The van der Waals surface area contributed by atoms with E-state index in [1.807, 2.05) is 0 Å². The fraction of sp³-hybridized carbons (Fsp3) is 0.529. The van der Waals surface area contributed by atoms with Crippen LogP contribution in [0, 0.1) is 13.8 Å². The number of hydrogen-bond donors (Lipinski definition) is 3. The number of aromatic amines is 1. The van der Waals surface area contributed by atoms with Gasteiger partial charge >= 0.3 is 12.0 Å². The lowest BCUT2D eigenvalue weighted by Crippen LogP contribution is -2.45. The first-order valence-corrected chi connectivity index (χ1v) is 8.27. The Balaban J connectivity index is 1.85. The van der Waals surface area contributed by atoms with Crippen molar-refractivity contribution in [2.75, 3.05) is 6.61 Å². The van der Waals surface area contributed by atoms with Crippen LogP contribution in [0.15, 0.2) is 0 Å². The lowest BCUT2D eigenvalue weighted by atomic mass is 10.1. The van der Waals surface area contributed by atoms with Gasteiger partial charge in [0.1, 0.15) is 5.69 Å². The maximum absolute atomic E-state index is 12.1. The van der Waals surface area contributed by atoms with Gasteiger partial charge in [-0.05, 0) is 39.2 Å². The molecule has 1 fully saturated rings. The molecule has 0 radical (unpaired) electrons. The average molecular weight is 349 g/mol. The van der Waals surface area contributed by atoms with Gasteiger partial charge < -0.3 is 15.0 Å². The normalized spacial score (nSPS) is 14.2. The first-order valence-electron chi connectivity index (χ1n) is 8.27. The molecule has 0 aromatic carbocycles. The maximum Gasteiger partial charge on any atom is 0.355 e. The molecule has 1 aromatic heterocycles. The third kappa shape index (κ3) is 4.68. The van der Waals surface area contributed by atoms with Gasteiger partial charge in [-0.1, -0.05) is 12.8 Å². The van der Waals surface area contributed by atoms with Crippen molar-refractivity contribution in [2.24, 2.45) is 0 Å². The molecule has 1 aromatic rings. The summed E-state index contributed by atoms with van der Waals surface area (Å²) in [5, 5.41) is 4.84. The lowest BCUT2D eigenvalue weighted by molar-refractivity contribution is -0.123. The Morgan fingerprint density at radius 3 is 2.36 bits per heavy atom. The quantitative estimate of drug-likeness (QED) is 0.553. The highest BCUT2D eigenvalue weighted by Gasteiger charge is 2.22. The topological polar surface area (TPSA) is 117 Å². The molecule has 0 saturated heterocycles. The van der Waals surface area contributed by atoms with Gasteiger partial charge in [-0.3, -0.25) is 14.9 Å². The third-order valence-electron chi connectivity index (χ3n) is 4.27. The third-order valence-corrected chi connectivity index (χ3v) is 4.27. The molecule has 3 N–H and O–H groups in total. The predicted octanol–water partition coefficient (Wildman–Crippen LogP) is 1.76. The zero-order valence-electron chi connectivity index (χ0n) is 14.7. The smallest absolute Gasteiger partial charge is 0.355 e. The van der Waals surface area contributed by atoms with Crippen LogP contribution in [0.4, 0.5) is 4.79 Å². The zero-order valence-corrected chi connectivity index (χ0v) is 14.7. The van der Waals surface area contributed by atoms with Gasteiger partial charge in [0.25, 0.3) is 5.91 Å². The van der Waals surface area contributed by atoms with E-state index in [0.29, 0.717) is 16.8 Å². The van der Waals surface area contributed by atoms with Crippen molar-refractivity contribution < 1.29 is 23.9 Å². The highest BCUT2D eigenvalue weighted by Crippen LogP contribution is 2.19. The Bertz CT molecular complexity index is 701. The fourth-order valence-electron chi connectivity index (χ4n) is 3.14. The van der Waals surface area contributed by atoms with Crippen LogP contribution in [0.1, 0.15) is 64.7 Å². The first-order chi connectivity index (χ1) is 11.8. The highest BCUT2D eigenvalue weighted by molar-refractivity contribution is 6.02. The number of rotatable bonds is 5. The number of hydrogen-bond acceptors (Lipinski definition) is 5. The summed E-state index contributed by atoms with van der Waals surface area (Å²) in [5.74, 6) is -1.62. The Morgan fingerprint density at radius 1 is 1.16 bits per heavy atom. The van der Waals surface area contributed by atoms with Gasteiger partial charge in [0.2, 0.25) is 0 Å². The summed E-state index contributed by atoms with van der Waals surface area (Å²) in [7, 11) is 0. The number of H-pyrrole nitrogens is 1. The molecule has 8 nitrogen and oxygen atoms in total. The molecule has 1 saturated carbocycles. The lowest BCUT2D eigenvalue weighted by Gasteiger charge is -2.12. The summed E-state index contributed by atoms with van der Waals surface area (Å²) in [6.07, 6.45) is 3.93. The highest BCUT2D eigenvalue weighted by atomic mass is 16.5. The molecule has 0 aliphatic heterocycles. The molecule has 1 aliphatic rings.